The topological polar surface area (TPSA) is 67.9 Å². The van der Waals surface area contributed by atoms with Crippen LogP contribution in [0, 0.1) is 18.8 Å². The van der Waals surface area contributed by atoms with Crippen LogP contribution in [0.5, 0.6) is 0 Å². The Morgan fingerprint density at radius 2 is 1.82 bits per heavy atom. The third-order valence-electron chi connectivity index (χ3n) is 4.96. The van der Waals surface area contributed by atoms with Gasteiger partial charge in [0.25, 0.3) is 0 Å². The lowest BCUT2D eigenvalue weighted by Crippen LogP contribution is -2.38. The summed E-state index contributed by atoms with van der Waals surface area (Å²) in [5.74, 6) is 3.48. The van der Waals surface area contributed by atoms with Gasteiger partial charge in [-0.05, 0) is 37.3 Å². The largest absolute Gasteiger partial charge is 0.338 e. The molecule has 1 aliphatic rings. The fourth-order valence-corrected chi connectivity index (χ4v) is 3.98. The van der Waals surface area contributed by atoms with Crippen molar-refractivity contribution in [3.8, 4) is 22.6 Å². The maximum absolute atomic E-state index is 5.53. The van der Waals surface area contributed by atoms with Crippen molar-refractivity contribution < 1.29 is 4.52 Å². The van der Waals surface area contributed by atoms with E-state index in [1.807, 2.05) is 37.3 Å². The minimum atomic E-state index is 0. The molecule has 28 heavy (non-hydrogen) atoms. The molecule has 0 radical (unpaired) electrons. The van der Waals surface area contributed by atoms with E-state index in [-0.39, 0.29) is 12.4 Å². The van der Waals surface area contributed by atoms with Gasteiger partial charge in [0.2, 0.25) is 11.7 Å². The summed E-state index contributed by atoms with van der Waals surface area (Å²) in [6.07, 6.45) is 3.07. The maximum atomic E-state index is 5.53. The predicted molar refractivity (Wildman–Crippen MR) is 111 cm³/mol. The van der Waals surface area contributed by atoms with Crippen LogP contribution >= 0.6 is 12.4 Å². The standard InChI is InChI=1S/C21H25N5O.ClH/c1-14-9-15(2)12-26(11-14)13-20-24-21(25-27-20)18-6-4-5-17(10-18)19-7-8-22-16(3)23-19;/h4-8,10,14-15H,9,11-13H2,1-3H3;1H. The Kier molecular flexibility index (Phi) is 6.42. The highest BCUT2D eigenvalue weighted by Crippen LogP contribution is 2.25. The van der Waals surface area contributed by atoms with E-state index in [2.05, 4.69) is 38.9 Å². The highest BCUT2D eigenvalue weighted by Gasteiger charge is 2.23. The second kappa shape index (κ2) is 8.80. The van der Waals surface area contributed by atoms with Crippen LogP contribution in [0.3, 0.4) is 0 Å². The van der Waals surface area contributed by atoms with Gasteiger partial charge in [-0.25, -0.2) is 9.97 Å². The summed E-state index contributed by atoms with van der Waals surface area (Å²) in [5.41, 5.74) is 2.84. The van der Waals surface area contributed by atoms with Gasteiger partial charge in [0.15, 0.2) is 0 Å². The first-order valence-corrected chi connectivity index (χ1v) is 9.52. The summed E-state index contributed by atoms with van der Waals surface area (Å²) in [4.78, 5) is 15.7. The number of aryl methyl sites for hydroxylation is 1. The zero-order chi connectivity index (χ0) is 18.8. The zero-order valence-corrected chi connectivity index (χ0v) is 17.3. The van der Waals surface area contributed by atoms with Gasteiger partial charge in [-0.15, -0.1) is 12.4 Å². The number of halogens is 1. The Bertz CT molecular complexity index is 918. The van der Waals surface area contributed by atoms with Gasteiger partial charge in [0.05, 0.1) is 12.2 Å². The number of likely N-dealkylation sites (tertiary alicyclic amines) is 1. The van der Waals surface area contributed by atoms with Crippen LogP contribution in [0.15, 0.2) is 41.1 Å². The van der Waals surface area contributed by atoms with Crippen molar-refractivity contribution in [1.82, 2.24) is 25.0 Å². The highest BCUT2D eigenvalue weighted by molar-refractivity contribution is 5.85. The summed E-state index contributed by atoms with van der Waals surface area (Å²) in [6, 6.07) is 9.97. The van der Waals surface area contributed by atoms with E-state index >= 15 is 0 Å². The minimum absolute atomic E-state index is 0. The molecule has 2 aromatic heterocycles. The lowest BCUT2D eigenvalue weighted by atomic mass is 9.92. The Hall–Kier alpha value is -2.31. The molecule has 2 unspecified atom stereocenters. The Morgan fingerprint density at radius 3 is 2.57 bits per heavy atom. The number of hydrogen-bond donors (Lipinski definition) is 0. The smallest absolute Gasteiger partial charge is 0.241 e. The first-order valence-electron chi connectivity index (χ1n) is 9.52. The van der Waals surface area contributed by atoms with E-state index in [4.69, 9.17) is 4.52 Å². The van der Waals surface area contributed by atoms with Crippen LogP contribution in [0.1, 0.15) is 32.0 Å². The second-order valence-electron chi connectivity index (χ2n) is 7.72. The van der Waals surface area contributed by atoms with Gasteiger partial charge >= 0.3 is 0 Å². The fourth-order valence-electron chi connectivity index (χ4n) is 3.98. The van der Waals surface area contributed by atoms with Crippen molar-refractivity contribution in [2.45, 2.75) is 33.7 Å². The molecule has 2 atom stereocenters. The summed E-state index contributed by atoms with van der Waals surface area (Å²) < 4.78 is 5.53. The van der Waals surface area contributed by atoms with Crippen LogP contribution in [0.2, 0.25) is 0 Å². The Labute approximate surface area is 171 Å². The molecule has 3 aromatic rings. The number of benzene rings is 1. The van der Waals surface area contributed by atoms with Crippen LogP contribution in [-0.4, -0.2) is 38.1 Å². The molecule has 1 aliphatic heterocycles. The summed E-state index contributed by atoms with van der Waals surface area (Å²) in [6.45, 7) is 9.40. The van der Waals surface area contributed by atoms with E-state index in [9.17, 15) is 0 Å². The maximum Gasteiger partial charge on any atom is 0.241 e. The Balaban J connectivity index is 0.00000225. The van der Waals surface area contributed by atoms with E-state index in [0.717, 1.165) is 35.7 Å². The SMILES string of the molecule is Cc1nccc(-c2cccc(-c3noc(CN4CC(C)CC(C)C4)n3)c2)n1.Cl. The van der Waals surface area contributed by atoms with Gasteiger partial charge in [-0.2, -0.15) is 4.98 Å². The molecular weight excluding hydrogens is 374 g/mol. The summed E-state index contributed by atoms with van der Waals surface area (Å²) in [5, 5.41) is 4.20. The van der Waals surface area contributed by atoms with Crippen molar-refractivity contribution in [2.24, 2.45) is 11.8 Å². The van der Waals surface area contributed by atoms with Crippen LogP contribution in [-0.2, 0) is 6.54 Å². The van der Waals surface area contributed by atoms with Crippen molar-refractivity contribution in [2.75, 3.05) is 13.1 Å². The van der Waals surface area contributed by atoms with E-state index in [1.54, 1.807) is 6.20 Å². The molecule has 1 saturated heterocycles. The van der Waals surface area contributed by atoms with Gasteiger partial charge < -0.3 is 4.52 Å². The van der Waals surface area contributed by atoms with Gasteiger partial charge in [-0.1, -0.05) is 37.2 Å². The van der Waals surface area contributed by atoms with Crippen molar-refractivity contribution in [1.29, 1.82) is 0 Å². The number of nitrogens with zero attached hydrogens (tertiary/aromatic N) is 5. The first kappa shape index (κ1) is 20.4. The Morgan fingerprint density at radius 1 is 1.07 bits per heavy atom. The molecular formula is C21H26ClN5O. The fraction of sp³-hybridized carbons (Fsp3) is 0.429. The first-order chi connectivity index (χ1) is 13.1. The van der Waals surface area contributed by atoms with E-state index in [1.165, 1.54) is 6.42 Å². The molecule has 0 aliphatic carbocycles. The normalized spacial score (nSPS) is 20.0. The quantitative estimate of drug-likeness (QED) is 0.647. The van der Waals surface area contributed by atoms with Crippen LogP contribution in [0.4, 0.5) is 0 Å². The van der Waals surface area contributed by atoms with Crippen molar-refractivity contribution >= 4 is 12.4 Å². The monoisotopic (exact) mass is 399 g/mol. The molecule has 3 heterocycles. The third kappa shape index (κ3) is 4.75. The molecule has 7 heteroatoms. The summed E-state index contributed by atoms with van der Waals surface area (Å²) >= 11 is 0. The molecule has 0 amide bonds. The molecule has 0 saturated carbocycles. The lowest BCUT2D eigenvalue weighted by Gasteiger charge is -2.33. The average Bonchev–Trinajstić information content (AvgIpc) is 3.09. The van der Waals surface area contributed by atoms with Gasteiger partial charge in [0, 0.05) is 30.4 Å². The van der Waals surface area contributed by atoms with Crippen molar-refractivity contribution in [3.05, 3.63) is 48.2 Å². The molecule has 6 nitrogen and oxygen atoms in total. The highest BCUT2D eigenvalue weighted by atomic mass is 35.5. The van der Waals surface area contributed by atoms with Crippen molar-refractivity contribution in [3.63, 3.8) is 0 Å². The average molecular weight is 400 g/mol. The molecule has 4 rings (SSSR count). The van der Waals surface area contributed by atoms with E-state index < -0.39 is 0 Å². The lowest BCUT2D eigenvalue weighted by molar-refractivity contribution is 0.121. The molecule has 148 valence electrons. The number of rotatable bonds is 4. The van der Waals surface area contributed by atoms with Gasteiger partial charge in [-0.3, -0.25) is 4.90 Å². The van der Waals surface area contributed by atoms with Gasteiger partial charge in [0.1, 0.15) is 5.82 Å². The second-order valence-corrected chi connectivity index (χ2v) is 7.72. The zero-order valence-electron chi connectivity index (χ0n) is 16.5. The number of piperidine rings is 1. The third-order valence-corrected chi connectivity index (χ3v) is 4.96. The molecule has 1 fully saturated rings. The molecule has 0 spiro atoms. The predicted octanol–water partition coefficient (Wildman–Crippen LogP) is 4.40. The van der Waals surface area contributed by atoms with Crippen LogP contribution < -0.4 is 0 Å². The molecule has 1 aromatic carbocycles. The van der Waals surface area contributed by atoms with E-state index in [0.29, 0.717) is 30.1 Å². The summed E-state index contributed by atoms with van der Waals surface area (Å²) in [7, 11) is 0. The van der Waals surface area contributed by atoms with Crippen LogP contribution in [0.25, 0.3) is 22.6 Å². The number of aromatic nitrogens is 4. The molecule has 0 bridgehead atoms. The molecule has 0 N–H and O–H groups in total. The minimum Gasteiger partial charge on any atom is -0.338 e. The number of hydrogen-bond acceptors (Lipinski definition) is 6.